The van der Waals surface area contributed by atoms with Crippen LogP contribution >= 0.6 is 0 Å². The monoisotopic (exact) mass is 222 g/mol. The van der Waals surface area contributed by atoms with Crippen molar-refractivity contribution in [1.29, 1.82) is 0 Å². The van der Waals surface area contributed by atoms with Gasteiger partial charge in [0.05, 0.1) is 0 Å². The van der Waals surface area contributed by atoms with E-state index < -0.39 is 0 Å². The summed E-state index contributed by atoms with van der Waals surface area (Å²) in [6, 6.07) is 3.13. The number of carbonyl (C=O) groups is 1. The third kappa shape index (κ3) is 4.25. The Balaban J connectivity index is 2.44. The Kier molecular flexibility index (Phi) is 3.82. The van der Waals surface area contributed by atoms with Gasteiger partial charge in [-0.15, -0.1) is 10.2 Å². The molecule has 1 aromatic rings. The van der Waals surface area contributed by atoms with Crippen LogP contribution in [0.15, 0.2) is 12.1 Å². The fraction of sp³-hybridized carbons (Fsp3) is 0.545. The molecule has 1 rings (SSSR count). The highest BCUT2D eigenvalue weighted by Crippen LogP contribution is 2.16. The smallest absolute Gasteiger partial charge is 0.271 e. The fourth-order valence-electron chi connectivity index (χ4n) is 1.11. The van der Waals surface area contributed by atoms with Crippen LogP contribution in [0.25, 0.3) is 0 Å². The first-order chi connectivity index (χ1) is 7.38. The molecule has 0 aliphatic heterocycles. The summed E-state index contributed by atoms with van der Waals surface area (Å²) in [4.78, 5) is 11.6. The van der Waals surface area contributed by atoms with Crippen molar-refractivity contribution < 1.29 is 4.79 Å². The summed E-state index contributed by atoms with van der Waals surface area (Å²) in [6.45, 7) is 7.01. The summed E-state index contributed by atoms with van der Waals surface area (Å²) >= 11 is 0. The van der Waals surface area contributed by atoms with Gasteiger partial charge >= 0.3 is 0 Å². The van der Waals surface area contributed by atoms with Gasteiger partial charge in [0.15, 0.2) is 5.69 Å². The molecule has 1 amide bonds. The van der Waals surface area contributed by atoms with Crippen LogP contribution in [0.3, 0.4) is 0 Å². The van der Waals surface area contributed by atoms with Crippen LogP contribution in [0.5, 0.6) is 0 Å². The molecule has 0 saturated carbocycles. The lowest BCUT2D eigenvalue weighted by Crippen LogP contribution is -2.28. The molecule has 0 aliphatic carbocycles. The van der Waals surface area contributed by atoms with Gasteiger partial charge in [0.2, 0.25) is 0 Å². The lowest BCUT2D eigenvalue weighted by Gasteiger charge is -2.17. The highest BCUT2D eigenvalue weighted by molar-refractivity contribution is 5.92. The summed E-state index contributed by atoms with van der Waals surface area (Å²) < 4.78 is 0. The molecule has 3 N–H and O–H groups in total. The van der Waals surface area contributed by atoms with E-state index in [1.165, 1.54) is 0 Å². The van der Waals surface area contributed by atoms with E-state index >= 15 is 0 Å². The highest BCUT2D eigenvalue weighted by Gasteiger charge is 2.12. The number of hydrogen-bond donors (Lipinski definition) is 2. The number of hydrogen-bond acceptors (Lipinski definition) is 4. The van der Waals surface area contributed by atoms with Crippen LogP contribution in [0.4, 0.5) is 5.82 Å². The number of nitrogen functional groups attached to an aromatic ring is 1. The maximum atomic E-state index is 11.6. The predicted octanol–water partition coefficient (Wildman–Crippen LogP) is 1.22. The van der Waals surface area contributed by atoms with E-state index in [2.05, 4.69) is 36.3 Å². The topological polar surface area (TPSA) is 80.9 Å². The molecule has 0 radical (unpaired) electrons. The second-order valence-corrected chi connectivity index (χ2v) is 4.91. The van der Waals surface area contributed by atoms with Gasteiger partial charge in [-0.2, -0.15) is 0 Å². The molecule has 88 valence electrons. The molecule has 0 spiro atoms. The first-order valence-corrected chi connectivity index (χ1v) is 5.26. The number of amides is 1. The minimum atomic E-state index is -0.211. The van der Waals surface area contributed by atoms with E-state index in [1.54, 1.807) is 12.1 Å². The normalized spacial score (nSPS) is 11.2. The number of nitrogens with zero attached hydrogens (tertiary/aromatic N) is 2. The third-order valence-electron chi connectivity index (χ3n) is 2.08. The summed E-state index contributed by atoms with van der Waals surface area (Å²) in [6.07, 6.45) is 0.918. The Morgan fingerprint density at radius 3 is 2.56 bits per heavy atom. The second kappa shape index (κ2) is 4.92. The largest absolute Gasteiger partial charge is 0.382 e. The Labute approximate surface area is 95.4 Å². The minimum Gasteiger partial charge on any atom is -0.382 e. The van der Waals surface area contributed by atoms with Gasteiger partial charge in [0.25, 0.3) is 5.91 Å². The molecule has 0 saturated heterocycles. The number of anilines is 1. The van der Waals surface area contributed by atoms with Crippen molar-refractivity contribution in [3.63, 3.8) is 0 Å². The summed E-state index contributed by atoms with van der Waals surface area (Å²) in [7, 11) is 0. The van der Waals surface area contributed by atoms with Crippen molar-refractivity contribution in [2.75, 3.05) is 12.3 Å². The van der Waals surface area contributed by atoms with Crippen molar-refractivity contribution >= 4 is 11.7 Å². The van der Waals surface area contributed by atoms with Crippen LogP contribution in [0, 0.1) is 5.41 Å². The van der Waals surface area contributed by atoms with Crippen molar-refractivity contribution in [2.24, 2.45) is 5.41 Å². The van der Waals surface area contributed by atoms with Crippen molar-refractivity contribution in [3.8, 4) is 0 Å². The van der Waals surface area contributed by atoms with Crippen LogP contribution < -0.4 is 11.1 Å². The van der Waals surface area contributed by atoms with Crippen LogP contribution in [0.1, 0.15) is 37.7 Å². The van der Waals surface area contributed by atoms with E-state index in [9.17, 15) is 4.79 Å². The van der Waals surface area contributed by atoms with Crippen molar-refractivity contribution in [3.05, 3.63) is 17.8 Å². The molecule has 0 fully saturated rings. The van der Waals surface area contributed by atoms with E-state index in [1.807, 2.05) is 0 Å². The summed E-state index contributed by atoms with van der Waals surface area (Å²) in [5.41, 5.74) is 5.88. The molecule has 1 heterocycles. The zero-order valence-corrected chi connectivity index (χ0v) is 9.95. The molecular formula is C11H18N4O. The Morgan fingerprint density at radius 2 is 2.06 bits per heavy atom. The fourth-order valence-corrected chi connectivity index (χ4v) is 1.11. The average Bonchev–Trinajstić information content (AvgIpc) is 2.16. The quantitative estimate of drug-likeness (QED) is 0.805. The van der Waals surface area contributed by atoms with Gasteiger partial charge in [0.1, 0.15) is 5.82 Å². The van der Waals surface area contributed by atoms with E-state index in [-0.39, 0.29) is 11.3 Å². The number of carbonyl (C=O) groups excluding carboxylic acids is 1. The first-order valence-electron chi connectivity index (χ1n) is 5.26. The van der Waals surface area contributed by atoms with Gasteiger partial charge in [0, 0.05) is 6.54 Å². The molecule has 16 heavy (non-hydrogen) atoms. The Morgan fingerprint density at radius 1 is 1.38 bits per heavy atom. The van der Waals surface area contributed by atoms with E-state index in [0.717, 1.165) is 6.42 Å². The summed E-state index contributed by atoms with van der Waals surface area (Å²) in [5, 5.41) is 10.1. The lowest BCUT2D eigenvalue weighted by atomic mass is 9.92. The molecule has 5 nitrogen and oxygen atoms in total. The summed E-state index contributed by atoms with van der Waals surface area (Å²) in [5.74, 6) is 0.1000. The molecule has 0 aliphatic rings. The molecule has 0 unspecified atom stereocenters. The zero-order chi connectivity index (χ0) is 12.2. The Hall–Kier alpha value is -1.65. The van der Waals surface area contributed by atoms with E-state index in [4.69, 9.17) is 5.73 Å². The molecule has 1 aromatic heterocycles. The van der Waals surface area contributed by atoms with Gasteiger partial charge in [-0.05, 0) is 24.0 Å². The maximum Gasteiger partial charge on any atom is 0.271 e. The lowest BCUT2D eigenvalue weighted by molar-refractivity contribution is 0.0943. The molecule has 0 aromatic carbocycles. The predicted molar refractivity (Wildman–Crippen MR) is 62.8 cm³/mol. The number of aromatic nitrogens is 2. The molecule has 5 heteroatoms. The molecular weight excluding hydrogens is 204 g/mol. The zero-order valence-electron chi connectivity index (χ0n) is 9.95. The average molecular weight is 222 g/mol. The van der Waals surface area contributed by atoms with Crippen LogP contribution in [-0.4, -0.2) is 22.6 Å². The molecule has 0 bridgehead atoms. The van der Waals surface area contributed by atoms with Crippen LogP contribution in [-0.2, 0) is 0 Å². The standard InChI is InChI=1S/C11H18N4O/c1-11(2,3)6-7-13-10(16)8-4-5-9(12)15-14-8/h4-5H,6-7H2,1-3H3,(H2,12,15)(H,13,16). The minimum absolute atomic E-state index is 0.208. The van der Waals surface area contributed by atoms with E-state index in [0.29, 0.717) is 18.1 Å². The first kappa shape index (κ1) is 12.4. The van der Waals surface area contributed by atoms with Crippen molar-refractivity contribution in [1.82, 2.24) is 15.5 Å². The van der Waals surface area contributed by atoms with Gasteiger partial charge in [-0.3, -0.25) is 4.79 Å². The SMILES string of the molecule is CC(C)(C)CCNC(=O)c1ccc(N)nn1. The maximum absolute atomic E-state index is 11.6. The van der Waals surface area contributed by atoms with Crippen LogP contribution in [0.2, 0.25) is 0 Å². The number of rotatable bonds is 3. The third-order valence-corrected chi connectivity index (χ3v) is 2.08. The van der Waals surface area contributed by atoms with Gasteiger partial charge in [-0.1, -0.05) is 20.8 Å². The van der Waals surface area contributed by atoms with Gasteiger partial charge < -0.3 is 11.1 Å². The Bertz CT molecular complexity index is 353. The van der Waals surface area contributed by atoms with Crippen molar-refractivity contribution in [2.45, 2.75) is 27.2 Å². The molecule has 0 atom stereocenters. The van der Waals surface area contributed by atoms with Gasteiger partial charge in [-0.25, -0.2) is 0 Å². The number of nitrogens with two attached hydrogens (primary N) is 1. The number of nitrogens with one attached hydrogen (secondary N) is 1. The second-order valence-electron chi connectivity index (χ2n) is 4.91. The highest BCUT2D eigenvalue weighted by atomic mass is 16.1.